The third kappa shape index (κ3) is 3.70. The van der Waals surface area contributed by atoms with Crippen molar-refractivity contribution < 1.29 is 9.90 Å². The number of hydrogen-bond acceptors (Lipinski definition) is 1. The Morgan fingerprint density at radius 1 is 1.15 bits per heavy atom. The van der Waals surface area contributed by atoms with Crippen LogP contribution in [0.15, 0.2) is 53.0 Å². The molecular weight excluding hydrogens is 316 g/mol. The summed E-state index contributed by atoms with van der Waals surface area (Å²) in [6.07, 6.45) is 1.50. The van der Waals surface area contributed by atoms with Crippen LogP contribution in [0.2, 0.25) is 0 Å². The maximum atomic E-state index is 11.5. The van der Waals surface area contributed by atoms with Gasteiger partial charge in [0.2, 0.25) is 0 Å². The molecule has 1 N–H and O–H groups in total. The molecule has 104 valence electrons. The van der Waals surface area contributed by atoms with Crippen molar-refractivity contribution in [2.24, 2.45) is 0 Å². The lowest BCUT2D eigenvalue weighted by atomic mass is 9.91. The minimum absolute atomic E-state index is 0.510. The third-order valence-electron chi connectivity index (χ3n) is 3.42. The Morgan fingerprint density at radius 3 is 2.35 bits per heavy atom. The van der Waals surface area contributed by atoms with Gasteiger partial charge < -0.3 is 5.11 Å². The predicted octanol–water partition coefficient (Wildman–Crippen LogP) is 4.42. The second-order valence-corrected chi connectivity index (χ2v) is 5.74. The van der Waals surface area contributed by atoms with Gasteiger partial charge in [-0.25, -0.2) is 0 Å². The SMILES string of the molecule is CCc1ccc(CC(C(=O)O)c2cccc(Br)c2)cc1. The molecule has 0 aromatic heterocycles. The average molecular weight is 333 g/mol. The Balaban J connectivity index is 2.23. The molecule has 0 aliphatic carbocycles. The van der Waals surface area contributed by atoms with E-state index >= 15 is 0 Å². The Labute approximate surface area is 127 Å². The van der Waals surface area contributed by atoms with Gasteiger partial charge in [0, 0.05) is 4.47 Å². The first-order chi connectivity index (χ1) is 9.60. The lowest BCUT2D eigenvalue weighted by Gasteiger charge is -2.13. The molecule has 0 bridgehead atoms. The van der Waals surface area contributed by atoms with E-state index in [2.05, 4.69) is 35.0 Å². The van der Waals surface area contributed by atoms with Gasteiger partial charge >= 0.3 is 5.97 Å². The summed E-state index contributed by atoms with van der Waals surface area (Å²) in [6, 6.07) is 15.7. The van der Waals surface area contributed by atoms with Crippen molar-refractivity contribution in [1.82, 2.24) is 0 Å². The number of carbonyl (C=O) groups is 1. The van der Waals surface area contributed by atoms with E-state index in [-0.39, 0.29) is 0 Å². The van der Waals surface area contributed by atoms with E-state index in [0.717, 1.165) is 22.0 Å². The van der Waals surface area contributed by atoms with E-state index in [0.29, 0.717) is 6.42 Å². The Hall–Kier alpha value is -1.61. The highest BCUT2D eigenvalue weighted by atomic mass is 79.9. The van der Waals surface area contributed by atoms with Gasteiger partial charge in [-0.15, -0.1) is 0 Å². The summed E-state index contributed by atoms with van der Waals surface area (Å²) in [5.41, 5.74) is 3.14. The number of aryl methyl sites for hydroxylation is 1. The fraction of sp³-hybridized carbons (Fsp3) is 0.235. The van der Waals surface area contributed by atoms with Gasteiger partial charge in [0.15, 0.2) is 0 Å². The van der Waals surface area contributed by atoms with Crippen LogP contribution in [-0.2, 0) is 17.6 Å². The molecule has 0 radical (unpaired) electrons. The zero-order chi connectivity index (χ0) is 14.5. The van der Waals surface area contributed by atoms with E-state index in [1.165, 1.54) is 5.56 Å². The van der Waals surface area contributed by atoms with Crippen molar-refractivity contribution in [3.8, 4) is 0 Å². The predicted molar refractivity (Wildman–Crippen MR) is 84.0 cm³/mol. The molecule has 0 amide bonds. The number of benzene rings is 2. The molecule has 3 heteroatoms. The first-order valence-corrected chi connectivity index (χ1v) is 7.45. The van der Waals surface area contributed by atoms with Crippen molar-refractivity contribution in [3.63, 3.8) is 0 Å². The summed E-state index contributed by atoms with van der Waals surface area (Å²) in [6.45, 7) is 2.11. The highest BCUT2D eigenvalue weighted by Gasteiger charge is 2.20. The number of aliphatic carboxylic acids is 1. The molecule has 1 atom stereocenters. The Morgan fingerprint density at radius 2 is 1.80 bits per heavy atom. The minimum atomic E-state index is -0.789. The molecule has 2 aromatic rings. The molecule has 0 saturated carbocycles. The number of carboxylic acids is 1. The van der Waals surface area contributed by atoms with Crippen LogP contribution in [-0.4, -0.2) is 11.1 Å². The van der Waals surface area contributed by atoms with E-state index in [9.17, 15) is 9.90 Å². The summed E-state index contributed by atoms with van der Waals surface area (Å²) in [5.74, 6) is -1.30. The number of carboxylic acid groups (broad SMARTS) is 1. The average Bonchev–Trinajstić information content (AvgIpc) is 2.45. The van der Waals surface area contributed by atoms with Gasteiger partial charge in [0.1, 0.15) is 0 Å². The molecule has 0 spiro atoms. The van der Waals surface area contributed by atoms with Crippen LogP contribution in [0.1, 0.15) is 29.5 Å². The monoisotopic (exact) mass is 332 g/mol. The van der Waals surface area contributed by atoms with E-state index in [1.807, 2.05) is 36.4 Å². The molecule has 0 saturated heterocycles. The van der Waals surface area contributed by atoms with Crippen molar-refractivity contribution >= 4 is 21.9 Å². The number of rotatable bonds is 5. The van der Waals surface area contributed by atoms with Gasteiger partial charge in [-0.1, -0.05) is 59.3 Å². The van der Waals surface area contributed by atoms with Gasteiger partial charge in [0.05, 0.1) is 5.92 Å². The highest BCUT2D eigenvalue weighted by Crippen LogP contribution is 2.24. The standard InChI is InChI=1S/C17H17BrO2/c1-2-12-6-8-13(9-7-12)10-16(17(19)20)14-4-3-5-15(18)11-14/h3-9,11,16H,2,10H2,1H3,(H,19,20). The van der Waals surface area contributed by atoms with Crippen molar-refractivity contribution in [2.75, 3.05) is 0 Å². The van der Waals surface area contributed by atoms with Gasteiger partial charge in [0.25, 0.3) is 0 Å². The van der Waals surface area contributed by atoms with Crippen molar-refractivity contribution in [2.45, 2.75) is 25.7 Å². The summed E-state index contributed by atoms with van der Waals surface area (Å²) >= 11 is 3.39. The first-order valence-electron chi connectivity index (χ1n) is 6.66. The molecular formula is C17H17BrO2. The summed E-state index contributed by atoms with van der Waals surface area (Å²) < 4.78 is 0.905. The molecule has 2 nitrogen and oxygen atoms in total. The maximum absolute atomic E-state index is 11.5. The molecule has 0 heterocycles. The second kappa shape index (κ2) is 6.71. The van der Waals surface area contributed by atoms with Crippen LogP contribution in [0, 0.1) is 0 Å². The van der Waals surface area contributed by atoms with Crippen LogP contribution in [0.4, 0.5) is 0 Å². The largest absolute Gasteiger partial charge is 0.481 e. The molecule has 2 rings (SSSR count). The van der Waals surface area contributed by atoms with E-state index in [4.69, 9.17) is 0 Å². The van der Waals surface area contributed by atoms with Crippen LogP contribution in [0.3, 0.4) is 0 Å². The number of hydrogen-bond donors (Lipinski definition) is 1. The highest BCUT2D eigenvalue weighted by molar-refractivity contribution is 9.10. The molecule has 2 aromatic carbocycles. The fourth-order valence-corrected chi connectivity index (χ4v) is 2.63. The van der Waals surface area contributed by atoms with Crippen LogP contribution < -0.4 is 0 Å². The molecule has 0 aliphatic heterocycles. The minimum Gasteiger partial charge on any atom is -0.481 e. The maximum Gasteiger partial charge on any atom is 0.311 e. The molecule has 0 aliphatic rings. The molecule has 0 fully saturated rings. The van der Waals surface area contributed by atoms with Crippen LogP contribution in [0.5, 0.6) is 0 Å². The van der Waals surface area contributed by atoms with Crippen LogP contribution >= 0.6 is 15.9 Å². The van der Waals surface area contributed by atoms with Gasteiger partial charge in [-0.2, -0.15) is 0 Å². The Kier molecular flexibility index (Phi) is 4.96. The lowest BCUT2D eigenvalue weighted by Crippen LogP contribution is -2.14. The molecule has 1 unspecified atom stereocenters. The van der Waals surface area contributed by atoms with Gasteiger partial charge in [-0.3, -0.25) is 4.79 Å². The zero-order valence-corrected chi connectivity index (χ0v) is 12.9. The van der Waals surface area contributed by atoms with E-state index < -0.39 is 11.9 Å². The first kappa shape index (κ1) is 14.8. The number of halogens is 1. The molecule has 20 heavy (non-hydrogen) atoms. The smallest absolute Gasteiger partial charge is 0.311 e. The van der Waals surface area contributed by atoms with Crippen LogP contribution in [0.25, 0.3) is 0 Å². The van der Waals surface area contributed by atoms with E-state index in [1.54, 1.807) is 0 Å². The summed E-state index contributed by atoms with van der Waals surface area (Å²) in [4.78, 5) is 11.5. The lowest BCUT2D eigenvalue weighted by molar-refractivity contribution is -0.138. The Bertz CT molecular complexity index is 590. The van der Waals surface area contributed by atoms with Crippen molar-refractivity contribution in [3.05, 3.63) is 69.7 Å². The summed E-state index contributed by atoms with van der Waals surface area (Å²) in [7, 11) is 0. The second-order valence-electron chi connectivity index (χ2n) is 4.82. The zero-order valence-electron chi connectivity index (χ0n) is 11.3. The summed E-state index contributed by atoms with van der Waals surface area (Å²) in [5, 5.41) is 9.46. The van der Waals surface area contributed by atoms with Crippen molar-refractivity contribution in [1.29, 1.82) is 0 Å². The van der Waals surface area contributed by atoms with Gasteiger partial charge in [-0.05, 0) is 41.7 Å². The topological polar surface area (TPSA) is 37.3 Å². The quantitative estimate of drug-likeness (QED) is 0.879. The third-order valence-corrected chi connectivity index (χ3v) is 3.91. The normalized spacial score (nSPS) is 12.1. The fourth-order valence-electron chi connectivity index (χ4n) is 2.22.